The smallest absolute Gasteiger partial charge is 0.349 e. The molecule has 134 valence electrons. The summed E-state index contributed by atoms with van der Waals surface area (Å²) in [4.78, 5) is 19.0. The Hall–Kier alpha value is -1.80. The number of aromatic nitrogens is 1. The van der Waals surface area contributed by atoms with E-state index >= 15 is 0 Å². The molecule has 0 bridgehead atoms. The van der Waals surface area contributed by atoms with E-state index in [-0.39, 0.29) is 16.7 Å². The lowest BCUT2D eigenvalue weighted by atomic mass is 10.2. The molecule has 2 aromatic heterocycles. The van der Waals surface area contributed by atoms with Crippen LogP contribution < -0.4 is 10.2 Å². The number of thiophene rings is 1. The molecule has 0 aromatic carbocycles. The SMILES string of the molecule is O=C(NCc1cccs1)C1CCCN1c1ncc(C(F)(F)F)cc1Cl. The molecule has 2 aromatic rings. The number of carbonyl (C=O) groups excluding carboxylic acids is 1. The summed E-state index contributed by atoms with van der Waals surface area (Å²) in [6.07, 6.45) is -2.40. The molecule has 3 rings (SSSR count). The van der Waals surface area contributed by atoms with E-state index in [0.29, 0.717) is 19.5 Å². The number of nitrogens with zero attached hydrogens (tertiary/aromatic N) is 2. The molecule has 0 spiro atoms. The minimum Gasteiger partial charge on any atom is -0.349 e. The second-order valence-corrected chi connectivity index (χ2v) is 7.12. The highest BCUT2D eigenvalue weighted by molar-refractivity contribution is 7.09. The van der Waals surface area contributed by atoms with E-state index in [9.17, 15) is 18.0 Å². The minimum atomic E-state index is -4.50. The summed E-state index contributed by atoms with van der Waals surface area (Å²) in [7, 11) is 0. The number of alkyl halides is 3. The van der Waals surface area contributed by atoms with Crippen molar-refractivity contribution in [2.24, 2.45) is 0 Å². The summed E-state index contributed by atoms with van der Waals surface area (Å²) in [6, 6.07) is 4.19. The zero-order chi connectivity index (χ0) is 18.0. The van der Waals surface area contributed by atoms with E-state index in [1.54, 1.807) is 16.2 Å². The van der Waals surface area contributed by atoms with Crippen molar-refractivity contribution in [1.29, 1.82) is 0 Å². The molecule has 1 aliphatic heterocycles. The summed E-state index contributed by atoms with van der Waals surface area (Å²) < 4.78 is 38.2. The van der Waals surface area contributed by atoms with Crippen LogP contribution in [0.4, 0.5) is 19.0 Å². The van der Waals surface area contributed by atoms with Crippen molar-refractivity contribution >= 4 is 34.7 Å². The summed E-state index contributed by atoms with van der Waals surface area (Å²) in [5.74, 6) is 0.0344. The van der Waals surface area contributed by atoms with Gasteiger partial charge in [-0.25, -0.2) is 4.98 Å². The number of amides is 1. The number of hydrogen-bond acceptors (Lipinski definition) is 4. The number of halogens is 4. The zero-order valence-electron chi connectivity index (χ0n) is 13.0. The van der Waals surface area contributed by atoms with Gasteiger partial charge in [0.1, 0.15) is 11.9 Å². The third-order valence-corrected chi connectivity index (χ3v) is 5.15. The Morgan fingerprint density at radius 2 is 2.28 bits per heavy atom. The number of pyridine rings is 1. The van der Waals surface area contributed by atoms with Crippen molar-refractivity contribution in [3.05, 3.63) is 45.2 Å². The fourth-order valence-electron chi connectivity index (χ4n) is 2.80. The van der Waals surface area contributed by atoms with E-state index in [1.807, 2.05) is 17.5 Å². The first-order valence-corrected chi connectivity index (χ1v) is 8.91. The van der Waals surface area contributed by atoms with Gasteiger partial charge in [0.2, 0.25) is 5.91 Å². The quantitative estimate of drug-likeness (QED) is 0.856. The van der Waals surface area contributed by atoms with Gasteiger partial charge in [-0.15, -0.1) is 11.3 Å². The molecule has 1 unspecified atom stereocenters. The first-order valence-electron chi connectivity index (χ1n) is 7.66. The van der Waals surface area contributed by atoms with Crippen LogP contribution in [0.5, 0.6) is 0 Å². The van der Waals surface area contributed by atoms with Gasteiger partial charge in [0.15, 0.2) is 0 Å². The Labute approximate surface area is 151 Å². The Morgan fingerprint density at radius 1 is 1.48 bits per heavy atom. The highest BCUT2D eigenvalue weighted by Crippen LogP contribution is 2.35. The lowest BCUT2D eigenvalue weighted by molar-refractivity contribution is -0.137. The van der Waals surface area contributed by atoms with Crippen molar-refractivity contribution in [3.8, 4) is 0 Å². The zero-order valence-corrected chi connectivity index (χ0v) is 14.6. The number of rotatable bonds is 4. The van der Waals surface area contributed by atoms with Crippen molar-refractivity contribution in [1.82, 2.24) is 10.3 Å². The molecule has 9 heteroatoms. The molecule has 1 fully saturated rings. The van der Waals surface area contributed by atoms with Crippen LogP contribution in [0.2, 0.25) is 5.02 Å². The highest BCUT2D eigenvalue weighted by Gasteiger charge is 2.35. The van der Waals surface area contributed by atoms with Crippen LogP contribution in [0.15, 0.2) is 29.8 Å². The van der Waals surface area contributed by atoms with Crippen LogP contribution >= 0.6 is 22.9 Å². The van der Waals surface area contributed by atoms with Gasteiger partial charge in [-0.3, -0.25) is 4.79 Å². The highest BCUT2D eigenvalue weighted by atomic mass is 35.5. The number of anilines is 1. The molecule has 4 nitrogen and oxygen atoms in total. The lowest BCUT2D eigenvalue weighted by Crippen LogP contribution is -2.43. The molecule has 1 amide bonds. The van der Waals surface area contributed by atoms with Crippen LogP contribution in [0, 0.1) is 0 Å². The van der Waals surface area contributed by atoms with Gasteiger partial charge >= 0.3 is 6.18 Å². The van der Waals surface area contributed by atoms with E-state index in [1.165, 1.54) is 0 Å². The van der Waals surface area contributed by atoms with Crippen molar-refractivity contribution in [3.63, 3.8) is 0 Å². The first-order chi connectivity index (χ1) is 11.9. The maximum Gasteiger partial charge on any atom is 0.417 e. The molecule has 1 atom stereocenters. The van der Waals surface area contributed by atoms with E-state index < -0.39 is 17.8 Å². The average Bonchev–Trinajstić information content (AvgIpc) is 3.23. The molecule has 1 aliphatic rings. The summed E-state index contributed by atoms with van der Waals surface area (Å²) in [5.41, 5.74) is -0.904. The van der Waals surface area contributed by atoms with Crippen LogP contribution in [0.3, 0.4) is 0 Å². The fourth-order valence-corrected chi connectivity index (χ4v) is 3.71. The molecule has 0 saturated carbocycles. The van der Waals surface area contributed by atoms with Crippen LogP contribution in [-0.2, 0) is 17.5 Å². The predicted molar refractivity (Wildman–Crippen MR) is 90.8 cm³/mol. The molecule has 1 saturated heterocycles. The Balaban J connectivity index is 1.73. The van der Waals surface area contributed by atoms with Crippen LogP contribution in [0.25, 0.3) is 0 Å². The van der Waals surface area contributed by atoms with Gasteiger partial charge in [-0.1, -0.05) is 17.7 Å². The summed E-state index contributed by atoms with van der Waals surface area (Å²) in [6.45, 7) is 0.949. The molecule has 0 radical (unpaired) electrons. The minimum absolute atomic E-state index is 0.104. The first kappa shape index (κ1) is 18.0. The van der Waals surface area contributed by atoms with Gasteiger partial charge in [0.25, 0.3) is 0 Å². The predicted octanol–water partition coefficient (Wildman–Crippen LogP) is 4.10. The normalized spacial score (nSPS) is 17.8. The van der Waals surface area contributed by atoms with Crippen molar-refractivity contribution < 1.29 is 18.0 Å². The average molecular weight is 390 g/mol. The van der Waals surface area contributed by atoms with Crippen LogP contribution in [-0.4, -0.2) is 23.5 Å². The molecule has 1 N–H and O–H groups in total. The number of carbonyl (C=O) groups is 1. The molecule has 25 heavy (non-hydrogen) atoms. The van der Waals surface area contributed by atoms with Gasteiger partial charge < -0.3 is 10.2 Å². The molecule has 0 aliphatic carbocycles. The molecule has 3 heterocycles. The third kappa shape index (κ3) is 4.07. The largest absolute Gasteiger partial charge is 0.417 e. The second-order valence-electron chi connectivity index (χ2n) is 5.68. The van der Waals surface area contributed by atoms with Gasteiger partial charge in [0.05, 0.1) is 17.1 Å². The monoisotopic (exact) mass is 389 g/mol. The Bertz CT molecular complexity index is 752. The third-order valence-electron chi connectivity index (χ3n) is 3.99. The maximum absolute atomic E-state index is 12.7. The van der Waals surface area contributed by atoms with Gasteiger partial charge in [-0.05, 0) is 30.4 Å². The van der Waals surface area contributed by atoms with Gasteiger partial charge in [0, 0.05) is 17.6 Å². The topological polar surface area (TPSA) is 45.2 Å². The van der Waals surface area contributed by atoms with Crippen molar-refractivity contribution in [2.75, 3.05) is 11.4 Å². The van der Waals surface area contributed by atoms with Crippen molar-refractivity contribution in [2.45, 2.75) is 31.6 Å². The summed E-state index contributed by atoms with van der Waals surface area (Å²) in [5, 5.41) is 4.68. The Morgan fingerprint density at radius 3 is 2.92 bits per heavy atom. The van der Waals surface area contributed by atoms with E-state index in [0.717, 1.165) is 23.6 Å². The van der Waals surface area contributed by atoms with E-state index in [4.69, 9.17) is 11.6 Å². The number of hydrogen-bond donors (Lipinski definition) is 1. The maximum atomic E-state index is 12.7. The van der Waals surface area contributed by atoms with E-state index in [2.05, 4.69) is 10.3 Å². The second kappa shape index (κ2) is 7.21. The molecular weight excluding hydrogens is 375 g/mol. The number of nitrogens with one attached hydrogen (secondary N) is 1. The fraction of sp³-hybridized carbons (Fsp3) is 0.375. The summed E-state index contributed by atoms with van der Waals surface area (Å²) >= 11 is 7.55. The van der Waals surface area contributed by atoms with Crippen LogP contribution in [0.1, 0.15) is 23.3 Å². The Kier molecular flexibility index (Phi) is 5.19. The lowest BCUT2D eigenvalue weighted by Gasteiger charge is -2.26. The molecular formula is C16H15ClF3N3OS. The standard InChI is InChI=1S/C16H15ClF3N3OS/c17-12-7-10(16(18,19)20)8-21-14(12)23-5-1-4-13(23)15(24)22-9-11-3-2-6-25-11/h2-3,6-8,13H,1,4-5,9H2,(H,22,24). The van der Waals surface area contributed by atoms with Gasteiger partial charge in [-0.2, -0.15) is 13.2 Å².